The molecule has 2 N–H and O–H groups in total. The Kier molecular flexibility index (Phi) is 3.83. The minimum absolute atomic E-state index is 0.210. The van der Waals surface area contributed by atoms with Crippen LogP contribution in [0.3, 0.4) is 0 Å². The molecule has 0 amide bonds. The van der Waals surface area contributed by atoms with Crippen molar-refractivity contribution in [1.82, 2.24) is 0 Å². The number of hydrogen-bond acceptors (Lipinski definition) is 2. The van der Waals surface area contributed by atoms with Gasteiger partial charge in [0.05, 0.1) is 6.10 Å². The first kappa shape index (κ1) is 11.5. The summed E-state index contributed by atoms with van der Waals surface area (Å²) in [5.41, 5.74) is 7.07. The Labute approximate surface area is 97.8 Å². The summed E-state index contributed by atoms with van der Waals surface area (Å²) in [5.74, 6) is 1.00. The van der Waals surface area contributed by atoms with Gasteiger partial charge in [-0.1, -0.05) is 12.1 Å². The molecule has 0 saturated heterocycles. The van der Waals surface area contributed by atoms with Crippen LogP contribution in [0.25, 0.3) is 0 Å². The van der Waals surface area contributed by atoms with E-state index < -0.39 is 0 Å². The van der Waals surface area contributed by atoms with Gasteiger partial charge in [0.15, 0.2) is 0 Å². The molecule has 0 bridgehead atoms. The quantitative estimate of drug-likeness (QED) is 0.845. The standard InChI is InChI=1S/C14H21NO/c1-11(15)9-12-5-4-8-14(10-12)16-13-6-2-3-7-13/h4-5,8,10-11,13H,2-3,6-7,9,15H2,1H3/t11-/m1/s1. The van der Waals surface area contributed by atoms with E-state index in [9.17, 15) is 0 Å². The van der Waals surface area contributed by atoms with Crippen LogP contribution in [0.1, 0.15) is 38.2 Å². The molecule has 2 nitrogen and oxygen atoms in total. The van der Waals surface area contributed by atoms with Crippen molar-refractivity contribution in [1.29, 1.82) is 0 Å². The van der Waals surface area contributed by atoms with Gasteiger partial charge in [0.1, 0.15) is 5.75 Å². The van der Waals surface area contributed by atoms with E-state index in [0.29, 0.717) is 6.10 Å². The molecule has 1 aromatic rings. The molecule has 0 spiro atoms. The Morgan fingerprint density at radius 1 is 1.38 bits per heavy atom. The fourth-order valence-corrected chi connectivity index (χ4v) is 2.32. The van der Waals surface area contributed by atoms with Crippen molar-refractivity contribution in [3.63, 3.8) is 0 Å². The molecular weight excluding hydrogens is 198 g/mol. The third kappa shape index (κ3) is 3.24. The molecule has 16 heavy (non-hydrogen) atoms. The number of benzene rings is 1. The smallest absolute Gasteiger partial charge is 0.119 e. The summed E-state index contributed by atoms with van der Waals surface area (Å²) in [6.07, 6.45) is 6.39. The monoisotopic (exact) mass is 219 g/mol. The zero-order chi connectivity index (χ0) is 11.4. The lowest BCUT2D eigenvalue weighted by Crippen LogP contribution is -2.18. The van der Waals surface area contributed by atoms with E-state index in [1.165, 1.54) is 31.2 Å². The Hall–Kier alpha value is -1.02. The van der Waals surface area contributed by atoms with Gasteiger partial charge in [-0.25, -0.2) is 0 Å². The lowest BCUT2D eigenvalue weighted by molar-refractivity contribution is 0.210. The molecule has 2 rings (SSSR count). The van der Waals surface area contributed by atoms with Crippen molar-refractivity contribution in [3.05, 3.63) is 29.8 Å². The lowest BCUT2D eigenvalue weighted by atomic mass is 10.1. The molecule has 0 heterocycles. The van der Waals surface area contributed by atoms with Crippen LogP contribution >= 0.6 is 0 Å². The van der Waals surface area contributed by atoms with Crippen LogP contribution in [-0.4, -0.2) is 12.1 Å². The molecule has 1 fully saturated rings. The second-order valence-electron chi connectivity index (χ2n) is 4.85. The van der Waals surface area contributed by atoms with Gasteiger partial charge >= 0.3 is 0 Å². The first-order valence-electron chi connectivity index (χ1n) is 6.25. The summed E-state index contributed by atoms with van der Waals surface area (Å²) < 4.78 is 5.96. The van der Waals surface area contributed by atoms with Gasteiger partial charge in [0.25, 0.3) is 0 Å². The Bertz CT molecular complexity index is 329. The van der Waals surface area contributed by atoms with Crippen molar-refractivity contribution >= 4 is 0 Å². The zero-order valence-corrected chi connectivity index (χ0v) is 9.99. The summed E-state index contributed by atoms with van der Waals surface area (Å²) in [5, 5.41) is 0. The van der Waals surface area contributed by atoms with Crippen molar-refractivity contribution in [3.8, 4) is 5.75 Å². The van der Waals surface area contributed by atoms with Crippen molar-refractivity contribution in [2.45, 2.75) is 51.2 Å². The normalized spacial score (nSPS) is 18.6. The maximum atomic E-state index is 5.96. The van der Waals surface area contributed by atoms with E-state index in [1.807, 2.05) is 13.0 Å². The molecule has 1 aliphatic rings. The van der Waals surface area contributed by atoms with Crippen LogP contribution in [0.15, 0.2) is 24.3 Å². The van der Waals surface area contributed by atoms with Crippen LogP contribution in [-0.2, 0) is 6.42 Å². The summed E-state index contributed by atoms with van der Waals surface area (Å²) >= 11 is 0. The highest BCUT2D eigenvalue weighted by Crippen LogP contribution is 2.24. The first-order valence-corrected chi connectivity index (χ1v) is 6.25. The van der Waals surface area contributed by atoms with Gasteiger partial charge < -0.3 is 10.5 Å². The Balaban J connectivity index is 1.97. The van der Waals surface area contributed by atoms with Gasteiger partial charge in [-0.15, -0.1) is 0 Å². The highest BCUT2D eigenvalue weighted by molar-refractivity contribution is 5.29. The largest absolute Gasteiger partial charge is 0.490 e. The van der Waals surface area contributed by atoms with E-state index in [2.05, 4.69) is 18.2 Å². The number of rotatable bonds is 4. The van der Waals surface area contributed by atoms with Gasteiger partial charge in [0, 0.05) is 6.04 Å². The molecule has 0 aliphatic heterocycles. The third-order valence-electron chi connectivity index (χ3n) is 3.06. The average Bonchev–Trinajstić information content (AvgIpc) is 2.70. The molecule has 1 saturated carbocycles. The molecule has 0 unspecified atom stereocenters. The van der Waals surface area contributed by atoms with Gasteiger partial charge in [0.2, 0.25) is 0 Å². The van der Waals surface area contributed by atoms with Crippen LogP contribution in [0.4, 0.5) is 0 Å². The zero-order valence-electron chi connectivity index (χ0n) is 9.99. The van der Waals surface area contributed by atoms with Gasteiger partial charge in [-0.05, 0) is 56.7 Å². The molecule has 2 heteroatoms. The lowest BCUT2D eigenvalue weighted by Gasteiger charge is -2.14. The molecule has 0 aromatic heterocycles. The highest BCUT2D eigenvalue weighted by atomic mass is 16.5. The van der Waals surface area contributed by atoms with E-state index >= 15 is 0 Å². The second kappa shape index (κ2) is 5.35. The summed E-state index contributed by atoms with van der Waals surface area (Å²) in [4.78, 5) is 0. The van der Waals surface area contributed by atoms with Crippen LogP contribution < -0.4 is 10.5 Å². The van der Waals surface area contributed by atoms with E-state index in [4.69, 9.17) is 10.5 Å². The van der Waals surface area contributed by atoms with Crippen LogP contribution in [0.2, 0.25) is 0 Å². The third-order valence-corrected chi connectivity index (χ3v) is 3.06. The Morgan fingerprint density at radius 2 is 2.12 bits per heavy atom. The molecule has 88 valence electrons. The van der Waals surface area contributed by atoms with Crippen molar-refractivity contribution < 1.29 is 4.74 Å². The number of nitrogens with two attached hydrogens (primary N) is 1. The molecule has 1 aliphatic carbocycles. The van der Waals surface area contributed by atoms with E-state index in [0.717, 1.165) is 12.2 Å². The Morgan fingerprint density at radius 3 is 2.81 bits per heavy atom. The summed E-state index contributed by atoms with van der Waals surface area (Å²) in [7, 11) is 0. The summed E-state index contributed by atoms with van der Waals surface area (Å²) in [6, 6.07) is 8.55. The predicted octanol–water partition coefficient (Wildman–Crippen LogP) is 2.90. The van der Waals surface area contributed by atoms with Crippen LogP contribution in [0.5, 0.6) is 5.75 Å². The first-order chi connectivity index (χ1) is 7.74. The van der Waals surface area contributed by atoms with Crippen molar-refractivity contribution in [2.24, 2.45) is 5.73 Å². The van der Waals surface area contributed by atoms with E-state index in [1.54, 1.807) is 0 Å². The molecule has 1 aromatic carbocycles. The molecular formula is C14H21NO. The summed E-state index contributed by atoms with van der Waals surface area (Å²) in [6.45, 7) is 2.03. The van der Waals surface area contributed by atoms with Gasteiger partial charge in [-0.2, -0.15) is 0 Å². The van der Waals surface area contributed by atoms with E-state index in [-0.39, 0.29) is 6.04 Å². The van der Waals surface area contributed by atoms with Crippen LogP contribution in [0, 0.1) is 0 Å². The SMILES string of the molecule is C[C@@H](N)Cc1cccc(OC2CCCC2)c1. The second-order valence-corrected chi connectivity index (χ2v) is 4.85. The number of ether oxygens (including phenoxy) is 1. The fraction of sp³-hybridized carbons (Fsp3) is 0.571. The topological polar surface area (TPSA) is 35.2 Å². The molecule has 1 atom stereocenters. The fourth-order valence-electron chi connectivity index (χ4n) is 2.32. The minimum Gasteiger partial charge on any atom is -0.490 e. The minimum atomic E-state index is 0.210. The van der Waals surface area contributed by atoms with Gasteiger partial charge in [-0.3, -0.25) is 0 Å². The molecule has 0 radical (unpaired) electrons. The number of hydrogen-bond donors (Lipinski definition) is 1. The maximum Gasteiger partial charge on any atom is 0.119 e. The van der Waals surface area contributed by atoms with Crippen molar-refractivity contribution in [2.75, 3.05) is 0 Å². The average molecular weight is 219 g/mol. The predicted molar refractivity (Wildman–Crippen MR) is 66.7 cm³/mol. The maximum absolute atomic E-state index is 5.96. The highest BCUT2D eigenvalue weighted by Gasteiger charge is 2.16.